The Labute approximate surface area is 203 Å². The number of aromatic nitrogens is 1. The second kappa shape index (κ2) is 9.06. The van der Waals surface area contributed by atoms with Crippen LogP contribution in [0.4, 0.5) is 5.69 Å². The van der Waals surface area contributed by atoms with Gasteiger partial charge in [0.15, 0.2) is 0 Å². The highest BCUT2D eigenvalue weighted by atomic mass is 16.5. The molecule has 0 unspecified atom stereocenters. The topological polar surface area (TPSA) is 105 Å². The molecule has 3 aromatic rings. The lowest BCUT2D eigenvalue weighted by atomic mass is 9.94. The van der Waals surface area contributed by atoms with Gasteiger partial charge in [0, 0.05) is 36.1 Å². The Balaban J connectivity index is 1.25. The fraction of sp³-hybridized carbons (Fsp3) is 0.185. The molecule has 3 N–H and O–H groups in total. The number of carbonyl (C=O) groups is 2. The molecule has 0 aliphatic carbocycles. The number of amides is 2. The van der Waals surface area contributed by atoms with Gasteiger partial charge in [0.05, 0.1) is 12.1 Å². The van der Waals surface area contributed by atoms with Gasteiger partial charge in [0.1, 0.15) is 23.0 Å². The predicted molar refractivity (Wildman–Crippen MR) is 135 cm³/mol. The molecule has 0 bridgehead atoms. The van der Waals surface area contributed by atoms with Crippen LogP contribution in [-0.4, -0.2) is 35.7 Å². The summed E-state index contributed by atoms with van der Waals surface area (Å²) in [4.78, 5) is 33.3. The third kappa shape index (κ3) is 4.91. The Bertz CT molecular complexity index is 1380. The van der Waals surface area contributed by atoms with Crippen molar-refractivity contribution in [2.75, 3.05) is 18.4 Å². The molecule has 2 amide bonds. The minimum Gasteiger partial charge on any atom is -0.457 e. The predicted octanol–water partition coefficient (Wildman–Crippen LogP) is 3.85. The number of nitrogens with zero attached hydrogens (tertiary/aromatic N) is 2. The van der Waals surface area contributed by atoms with E-state index in [0.29, 0.717) is 22.7 Å². The molecule has 8 heteroatoms. The van der Waals surface area contributed by atoms with Crippen LogP contribution in [0, 0.1) is 0 Å². The molecule has 3 heterocycles. The minimum atomic E-state index is -0.472. The third-order valence-corrected chi connectivity index (χ3v) is 5.80. The number of carbonyl (C=O) groups excluding carboxylic acids is 2. The maximum Gasteiger partial charge on any atom is 0.252 e. The van der Waals surface area contributed by atoms with Gasteiger partial charge in [-0.3, -0.25) is 19.6 Å². The highest BCUT2D eigenvalue weighted by Gasteiger charge is 2.34. The zero-order valence-corrected chi connectivity index (χ0v) is 19.5. The van der Waals surface area contributed by atoms with Crippen molar-refractivity contribution < 1.29 is 14.3 Å². The van der Waals surface area contributed by atoms with Crippen molar-refractivity contribution in [1.29, 1.82) is 0 Å². The van der Waals surface area contributed by atoms with E-state index in [9.17, 15) is 9.59 Å². The number of benzene rings is 2. The zero-order chi connectivity index (χ0) is 24.4. The molecule has 0 spiro atoms. The summed E-state index contributed by atoms with van der Waals surface area (Å²) in [5.74, 6) is 1.70. The quantitative estimate of drug-likeness (QED) is 0.478. The van der Waals surface area contributed by atoms with Crippen LogP contribution < -0.4 is 20.7 Å². The summed E-state index contributed by atoms with van der Waals surface area (Å²) in [5.41, 5.74) is 3.22. The van der Waals surface area contributed by atoms with Crippen LogP contribution in [0.1, 0.15) is 41.0 Å². The molecule has 0 atom stereocenters. The van der Waals surface area contributed by atoms with Crippen LogP contribution in [0.3, 0.4) is 0 Å². The average molecular weight is 468 g/mol. The van der Waals surface area contributed by atoms with Gasteiger partial charge in [-0.1, -0.05) is 12.1 Å². The molecule has 0 fully saturated rings. The first-order chi connectivity index (χ1) is 16.9. The number of hydrogen-bond acceptors (Lipinski definition) is 6. The molecular weight excluding hydrogens is 442 g/mol. The number of pyridine rings is 1. The first-order valence-corrected chi connectivity index (χ1v) is 11.4. The van der Waals surface area contributed by atoms with Gasteiger partial charge in [-0.25, -0.2) is 0 Å². The Morgan fingerprint density at radius 3 is 2.80 bits per heavy atom. The monoisotopic (exact) mass is 467 g/mol. The Hall–Kier alpha value is -4.46. The summed E-state index contributed by atoms with van der Waals surface area (Å²) in [7, 11) is 0. The molecule has 2 aliphatic rings. The molecule has 0 radical (unpaired) electrons. The van der Waals surface area contributed by atoms with Crippen molar-refractivity contribution in [2.24, 2.45) is 4.99 Å². The summed E-state index contributed by atoms with van der Waals surface area (Å²) in [6.07, 6.45) is 4.88. The molecule has 176 valence electrons. The number of aliphatic imine (C=N–C) groups is 1. The van der Waals surface area contributed by atoms with Crippen molar-refractivity contribution >= 4 is 29.4 Å². The maximum atomic E-state index is 12.5. The number of anilines is 1. The van der Waals surface area contributed by atoms with E-state index < -0.39 is 5.54 Å². The first kappa shape index (κ1) is 22.3. The van der Waals surface area contributed by atoms with Crippen LogP contribution in [0.15, 0.2) is 71.9 Å². The van der Waals surface area contributed by atoms with Crippen LogP contribution in [0.25, 0.3) is 6.08 Å². The number of rotatable bonds is 6. The molecular formula is C27H25N5O3. The molecule has 1 aromatic heterocycles. The number of ether oxygens (including phenoxy) is 1. The molecule has 2 aromatic carbocycles. The molecule has 2 aliphatic heterocycles. The van der Waals surface area contributed by atoms with Crippen LogP contribution in [-0.2, 0) is 10.3 Å². The molecule has 35 heavy (non-hydrogen) atoms. The third-order valence-electron chi connectivity index (χ3n) is 5.80. The number of fused-ring (bicyclic) bond motifs is 1. The second-order valence-electron chi connectivity index (χ2n) is 8.87. The molecule has 0 saturated carbocycles. The largest absolute Gasteiger partial charge is 0.457 e. The summed E-state index contributed by atoms with van der Waals surface area (Å²) in [6.45, 7) is 5.42. The van der Waals surface area contributed by atoms with E-state index in [1.807, 2.05) is 50.2 Å². The van der Waals surface area contributed by atoms with Gasteiger partial charge < -0.3 is 20.7 Å². The summed E-state index contributed by atoms with van der Waals surface area (Å²) < 4.78 is 6.00. The Kier molecular flexibility index (Phi) is 5.78. The lowest BCUT2D eigenvalue weighted by Crippen LogP contribution is -2.32. The fourth-order valence-electron chi connectivity index (χ4n) is 4.10. The van der Waals surface area contributed by atoms with Crippen molar-refractivity contribution in [3.63, 3.8) is 0 Å². The maximum absolute atomic E-state index is 12.5. The van der Waals surface area contributed by atoms with E-state index in [1.54, 1.807) is 30.5 Å². The van der Waals surface area contributed by atoms with Crippen LogP contribution in [0.2, 0.25) is 0 Å². The summed E-state index contributed by atoms with van der Waals surface area (Å²) in [5, 5.41) is 9.00. The van der Waals surface area contributed by atoms with E-state index in [4.69, 9.17) is 4.74 Å². The number of nitrogens with one attached hydrogen (secondary N) is 3. The summed E-state index contributed by atoms with van der Waals surface area (Å²) >= 11 is 0. The van der Waals surface area contributed by atoms with Crippen LogP contribution >= 0.6 is 0 Å². The first-order valence-electron chi connectivity index (χ1n) is 11.4. The highest BCUT2D eigenvalue weighted by molar-refractivity contribution is 6.04. The molecule has 8 nitrogen and oxygen atoms in total. The summed E-state index contributed by atoms with van der Waals surface area (Å²) in [6, 6.07) is 16.4. The van der Waals surface area contributed by atoms with E-state index >= 15 is 0 Å². The Morgan fingerprint density at radius 2 is 1.97 bits per heavy atom. The van der Waals surface area contributed by atoms with Crippen molar-refractivity contribution in [1.82, 2.24) is 15.6 Å². The zero-order valence-electron chi connectivity index (χ0n) is 19.5. The van der Waals surface area contributed by atoms with Gasteiger partial charge >= 0.3 is 0 Å². The normalized spacial score (nSPS) is 15.8. The standard InChI is InChI=1S/C27H25N5O3/c1-27(2)22-15-18(7-8-21(22)26(34)32-27)31-24(33)9-6-17-4-3-5-19(14-17)35-20-10-11-28-23(16-20)25-29-12-13-30-25/h3-11,14-16H,12-13H2,1-2H3,(H,29,30)(H,31,33)(H,32,34)/b9-6+. The smallest absolute Gasteiger partial charge is 0.252 e. The van der Waals surface area contributed by atoms with E-state index in [2.05, 4.69) is 25.9 Å². The van der Waals surface area contributed by atoms with Gasteiger partial charge in [-0.2, -0.15) is 0 Å². The van der Waals surface area contributed by atoms with Crippen LogP contribution in [0.5, 0.6) is 11.5 Å². The molecule has 0 saturated heterocycles. The van der Waals surface area contributed by atoms with E-state index in [-0.39, 0.29) is 11.8 Å². The Morgan fingerprint density at radius 1 is 1.11 bits per heavy atom. The molecule has 5 rings (SSSR count). The lowest BCUT2D eigenvalue weighted by Gasteiger charge is -2.19. The van der Waals surface area contributed by atoms with Gasteiger partial charge in [0.2, 0.25) is 5.91 Å². The van der Waals surface area contributed by atoms with Gasteiger partial charge in [-0.05, 0) is 67.4 Å². The SMILES string of the molecule is CC1(C)NC(=O)c2ccc(NC(=O)/C=C/c3cccc(Oc4ccnc(C5=NCCN5)c4)c3)cc21. The van der Waals surface area contributed by atoms with Crippen molar-refractivity contribution in [2.45, 2.75) is 19.4 Å². The highest BCUT2D eigenvalue weighted by Crippen LogP contribution is 2.32. The van der Waals surface area contributed by atoms with E-state index in [1.165, 1.54) is 6.08 Å². The van der Waals surface area contributed by atoms with Gasteiger partial charge in [-0.15, -0.1) is 0 Å². The van der Waals surface area contributed by atoms with E-state index in [0.717, 1.165) is 35.7 Å². The number of hydrogen-bond donors (Lipinski definition) is 3. The van der Waals surface area contributed by atoms with Gasteiger partial charge in [0.25, 0.3) is 5.91 Å². The average Bonchev–Trinajstić information content (AvgIpc) is 3.45. The lowest BCUT2D eigenvalue weighted by molar-refractivity contribution is -0.111. The number of amidine groups is 1. The van der Waals surface area contributed by atoms with Crippen molar-refractivity contribution in [3.8, 4) is 11.5 Å². The van der Waals surface area contributed by atoms with Crippen molar-refractivity contribution in [3.05, 3.63) is 89.3 Å². The minimum absolute atomic E-state index is 0.100. The second-order valence-corrected chi connectivity index (χ2v) is 8.87. The fourth-order valence-corrected chi connectivity index (χ4v) is 4.10.